The molecule has 4 rings (SSSR count). The van der Waals surface area contributed by atoms with Gasteiger partial charge >= 0.3 is 0 Å². The van der Waals surface area contributed by atoms with Crippen LogP contribution in [0.3, 0.4) is 0 Å². The predicted octanol–water partition coefficient (Wildman–Crippen LogP) is 4.39. The molecule has 1 N–H and O–H groups in total. The lowest BCUT2D eigenvalue weighted by atomic mass is 9.50. The third-order valence-corrected chi connectivity index (χ3v) is 7.71. The molecule has 1 nitrogen and oxygen atoms in total. The van der Waals surface area contributed by atoms with Crippen molar-refractivity contribution in [1.82, 2.24) is 0 Å². The summed E-state index contributed by atoms with van der Waals surface area (Å²) >= 11 is 0. The van der Waals surface area contributed by atoms with E-state index in [-0.39, 0.29) is 6.10 Å². The van der Waals surface area contributed by atoms with Crippen molar-refractivity contribution in [2.24, 2.45) is 35.0 Å². The van der Waals surface area contributed by atoms with Crippen molar-refractivity contribution in [3.05, 3.63) is 0 Å². The van der Waals surface area contributed by atoms with Crippen molar-refractivity contribution in [3.63, 3.8) is 0 Å². The predicted molar refractivity (Wildman–Crippen MR) is 77.7 cm³/mol. The molecule has 0 radical (unpaired) electrons. The molecule has 0 aromatic carbocycles. The Balaban J connectivity index is 1.56. The molecule has 0 aliphatic heterocycles. The minimum atomic E-state index is 0.0261. The second-order valence-electron chi connectivity index (χ2n) is 8.49. The average Bonchev–Trinajstić information content (AvgIpc) is 2.79. The Morgan fingerprint density at radius 1 is 0.842 bits per heavy atom. The summed E-state index contributed by atoms with van der Waals surface area (Å²) < 4.78 is 0. The number of rotatable bonds is 0. The molecular formula is C18H30O. The highest BCUT2D eigenvalue weighted by Gasteiger charge is 2.53. The van der Waals surface area contributed by atoms with E-state index in [0.717, 1.165) is 42.4 Å². The lowest BCUT2D eigenvalue weighted by Gasteiger charge is -2.55. The van der Waals surface area contributed by atoms with Gasteiger partial charge in [-0.25, -0.2) is 0 Å². The molecule has 0 amide bonds. The molecule has 108 valence electrons. The van der Waals surface area contributed by atoms with Crippen molar-refractivity contribution in [1.29, 1.82) is 0 Å². The molecule has 0 saturated heterocycles. The molecule has 7 atom stereocenters. The first-order valence-corrected chi connectivity index (χ1v) is 8.85. The average molecular weight is 262 g/mol. The molecular weight excluding hydrogens is 232 g/mol. The van der Waals surface area contributed by atoms with Gasteiger partial charge in [-0.3, -0.25) is 0 Å². The van der Waals surface area contributed by atoms with Crippen LogP contribution in [0.5, 0.6) is 0 Å². The van der Waals surface area contributed by atoms with Gasteiger partial charge in [-0.1, -0.05) is 13.3 Å². The lowest BCUT2D eigenvalue weighted by molar-refractivity contribution is -0.0675. The van der Waals surface area contributed by atoms with Gasteiger partial charge in [0.05, 0.1) is 6.10 Å². The Bertz CT molecular complexity index is 352. The summed E-state index contributed by atoms with van der Waals surface area (Å²) in [6.45, 7) is 2.59. The SMILES string of the molecule is C[C@@]12CCC[C@H]1[C@@H]1CC[C@H]3CC(O)CC[C@@H]3[C@H]1CC2. The molecule has 1 heteroatoms. The molecule has 19 heavy (non-hydrogen) atoms. The molecule has 0 heterocycles. The van der Waals surface area contributed by atoms with E-state index in [0.29, 0.717) is 5.41 Å². The monoisotopic (exact) mass is 262 g/mol. The van der Waals surface area contributed by atoms with E-state index < -0.39 is 0 Å². The van der Waals surface area contributed by atoms with Gasteiger partial charge in [-0.05, 0) is 92.8 Å². The van der Waals surface area contributed by atoms with Crippen molar-refractivity contribution >= 4 is 0 Å². The van der Waals surface area contributed by atoms with Gasteiger partial charge in [0.15, 0.2) is 0 Å². The highest BCUT2D eigenvalue weighted by Crippen LogP contribution is 2.62. The largest absolute Gasteiger partial charge is 0.393 e. The Hall–Kier alpha value is -0.0400. The second-order valence-corrected chi connectivity index (χ2v) is 8.49. The molecule has 0 bridgehead atoms. The van der Waals surface area contributed by atoms with Crippen LogP contribution in [0.25, 0.3) is 0 Å². The van der Waals surface area contributed by atoms with E-state index in [4.69, 9.17) is 0 Å². The van der Waals surface area contributed by atoms with Gasteiger partial charge in [0.2, 0.25) is 0 Å². The van der Waals surface area contributed by atoms with E-state index in [1.807, 2.05) is 0 Å². The van der Waals surface area contributed by atoms with Gasteiger partial charge in [0, 0.05) is 0 Å². The quantitative estimate of drug-likeness (QED) is 0.686. The lowest BCUT2D eigenvalue weighted by Crippen LogP contribution is -2.47. The summed E-state index contributed by atoms with van der Waals surface area (Å²) in [5.41, 5.74) is 0.711. The van der Waals surface area contributed by atoms with E-state index in [2.05, 4.69) is 6.92 Å². The van der Waals surface area contributed by atoms with E-state index in [1.165, 1.54) is 51.4 Å². The number of hydrogen-bond acceptors (Lipinski definition) is 1. The molecule has 4 aliphatic rings. The van der Waals surface area contributed by atoms with Gasteiger partial charge < -0.3 is 5.11 Å². The fraction of sp³-hybridized carbons (Fsp3) is 1.00. The minimum Gasteiger partial charge on any atom is -0.393 e. The van der Waals surface area contributed by atoms with Crippen LogP contribution in [-0.2, 0) is 0 Å². The smallest absolute Gasteiger partial charge is 0.0543 e. The summed E-state index contributed by atoms with van der Waals surface area (Å²) in [6, 6.07) is 0. The maximum atomic E-state index is 9.94. The van der Waals surface area contributed by atoms with E-state index in [1.54, 1.807) is 0 Å². The zero-order valence-electron chi connectivity index (χ0n) is 12.5. The van der Waals surface area contributed by atoms with E-state index >= 15 is 0 Å². The van der Waals surface area contributed by atoms with Crippen LogP contribution < -0.4 is 0 Å². The van der Waals surface area contributed by atoms with Crippen LogP contribution >= 0.6 is 0 Å². The second kappa shape index (κ2) is 4.48. The van der Waals surface area contributed by atoms with Gasteiger partial charge in [-0.2, -0.15) is 0 Å². The van der Waals surface area contributed by atoms with Crippen molar-refractivity contribution in [3.8, 4) is 0 Å². The van der Waals surface area contributed by atoms with Crippen molar-refractivity contribution in [2.75, 3.05) is 0 Å². The highest BCUT2D eigenvalue weighted by molar-refractivity contribution is 5.03. The molecule has 1 unspecified atom stereocenters. The van der Waals surface area contributed by atoms with Crippen LogP contribution in [0, 0.1) is 35.0 Å². The number of aliphatic hydroxyl groups is 1. The molecule has 4 aliphatic carbocycles. The third kappa shape index (κ3) is 1.91. The van der Waals surface area contributed by atoms with Gasteiger partial charge in [0.1, 0.15) is 0 Å². The molecule has 0 aromatic heterocycles. The first kappa shape index (κ1) is 12.7. The fourth-order valence-electron chi connectivity index (χ4n) is 6.82. The van der Waals surface area contributed by atoms with Crippen LogP contribution in [0.15, 0.2) is 0 Å². The van der Waals surface area contributed by atoms with Crippen LogP contribution in [0.1, 0.15) is 71.1 Å². The zero-order chi connectivity index (χ0) is 13.0. The highest BCUT2D eigenvalue weighted by atomic mass is 16.3. The summed E-state index contributed by atoms with van der Waals surface area (Å²) in [5.74, 6) is 4.99. The molecule has 4 saturated carbocycles. The Morgan fingerprint density at radius 2 is 1.68 bits per heavy atom. The first-order chi connectivity index (χ1) is 9.17. The van der Waals surface area contributed by atoms with Gasteiger partial charge in [-0.15, -0.1) is 0 Å². The van der Waals surface area contributed by atoms with Crippen molar-refractivity contribution < 1.29 is 5.11 Å². The van der Waals surface area contributed by atoms with Gasteiger partial charge in [0.25, 0.3) is 0 Å². The zero-order valence-corrected chi connectivity index (χ0v) is 12.5. The number of hydrogen-bond donors (Lipinski definition) is 1. The van der Waals surface area contributed by atoms with Crippen LogP contribution in [0.4, 0.5) is 0 Å². The molecule has 4 fully saturated rings. The summed E-state index contributed by atoms with van der Waals surface area (Å²) in [6.07, 6.45) is 14.0. The minimum absolute atomic E-state index is 0.0261. The van der Waals surface area contributed by atoms with Crippen LogP contribution in [0.2, 0.25) is 0 Å². The van der Waals surface area contributed by atoms with E-state index in [9.17, 15) is 5.11 Å². The standard InChI is InChI=1S/C18H30O/c1-18-9-2-3-17(18)16-6-4-12-11-13(19)5-7-14(12)15(16)8-10-18/h12-17,19H,2-11H2,1H3/t12-,13?,14-,15+,16+,17-,18-/m0/s1. The number of aliphatic hydroxyl groups excluding tert-OH is 1. The summed E-state index contributed by atoms with van der Waals surface area (Å²) in [5, 5.41) is 9.94. The Morgan fingerprint density at radius 3 is 2.58 bits per heavy atom. The van der Waals surface area contributed by atoms with Crippen LogP contribution in [-0.4, -0.2) is 11.2 Å². The Kier molecular flexibility index (Phi) is 2.99. The number of fused-ring (bicyclic) bond motifs is 5. The normalized spacial score (nSPS) is 57.2. The maximum absolute atomic E-state index is 9.94. The third-order valence-electron chi connectivity index (χ3n) is 7.71. The fourth-order valence-corrected chi connectivity index (χ4v) is 6.82. The maximum Gasteiger partial charge on any atom is 0.0543 e. The molecule has 0 aromatic rings. The van der Waals surface area contributed by atoms with Crippen molar-refractivity contribution in [2.45, 2.75) is 77.2 Å². The topological polar surface area (TPSA) is 20.2 Å². The summed E-state index contributed by atoms with van der Waals surface area (Å²) in [7, 11) is 0. The molecule has 0 spiro atoms. The summed E-state index contributed by atoms with van der Waals surface area (Å²) in [4.78, 5) is 0. The first-order valence-electron chi connectivity index (χ1n) is 8.85. The Labute approximate surface area is 118 Å².